The fourth-order valence-electron chi connectivity index (χ4n) is 3.78. The van der Waals surface area contributed by atoms with Gasteiger partial charge in [0.2, 0.25) is 0 Å². The number of hydrogen-bond donors (Lipinski definition) is 0. The molecule has 3 unspecified atom stereocenters. The fourth-order valence-corrected chi connectivity index (χ4v) is 3.78. The van der Waals surface area contributed by atoms with Crippen LogP contribution in [0.1, 0.15) is 45.4 Å². The molecule has 3 heteroatoms. The normalized spacial score (nSPS) is 33.8. The van der Waals surface area contributed by atoms with Crippen LogP contribution in [0.2, 0.25) is 0 Å². The molecule has 0 amide bonds. The van der Waals surface area contributed by atoms with Crippen molar-refractivity contribution in [3.8, 4) is 6.07 Å². The second-order valence-electron chi connectivity index (χ2n) is 5.95. The van der Waals surface area contributed by atoms with Crippen LogP contribution in [0, 0.1) is 17.2 Å². The molecule has 2 aliphatic rings. The molecule has 0 aromatic heterocycles. The molecule has 0 spiro atoms. The fraction of sp³-hybridized carbons (Fsp3) is 0.933. The Hall–Kier alpha value is -0.590. The summed E-state index contributed by atoms with van der Waals surface area (Å²) in [4.78, 5) is 5.08. The summed E-state index contributed by atoms with van der Waals surface area (Å²) in [5.74, 6) is 0.264. The first-order valence-corrected chi connectivity index (χ1v) is 7.60. The zero-order valence-electron chi connectivity index (χ0n) is 11.9. The molecule has 1 saturated heterocycles. The highest BCUT2D eigenvalue weighted by Crippen LogP contribution is 2.28. The summed E-state index contributed by atoms with van der Waals surface area (Å²) in [5, 5.41) is 9.28. The van der Waals surface area contributed by atoms with Crippen molar-refractivity contribution >= 4 is 0 Å². The summed E-state index contributed by atoms with van der Waals surface area (Å²) in [6, 6.07) is 3.76. The zero-order valence-corrected chi connectivity index (χ0v) is 11.9. The van der Waals surface area contributed by atoms with Crippen molar-refractivity contribution in [3.05, 3.63) is 0 Å². The van der Waals surface area contributed by atoms with Crippen molar-refractivity contribution < 1.29 is 0 Å². The lowest BCUT2D eigenvalue weighted by molar-refractivity contribution is 0.118. The van der Waals surface area contributed by atoms with Gasteiger partial charge in [0.1, 0.15) is 0 Å². The van der Waals surface area contributed by atoms with Crippen LogP contribution in [0.4, 0.5) is 0 Å². The van der Waals surface area contributed by atoms with Crippen molar-refractivity contribution in [2.75, 3.05) is 26.7 Å². The third-order valence-corrected chi connectivity index (χ3v) is 4.87. The molecule has 1 aliphatic carbocycles. The summed E-state index contributed by atoms with van der Waals surface area (Å²) in [5.41, 5.74) is 0. The number of nitriles is 1. The van der Waals surface area contributed by atoms with Gasteiger partial charge in [0.25, 0.3) is 0 Å². The number of rotatable bonds is 4. The highest BCUT2D eigenvalue weighted by atomic mass is 15.2. The highest BCUT2D eigenvalue weighted by Gasteiger charge is 2.31. The second kappa shape index (κ2) is 6.54. The van der Waals surface area contributed by atoms with E-state index in [0.717, 1.165) is 19.0 Å². The molecular formula is C15H27N3. The summed E-state index contributed by atoms with van der Waals surface area (Å²) in [7, 11) is 2.23. The van der Waals surface area contributed by atoms with Crippen LogP contribution in [0.25, 0.3) is 0 Å². The van der Waals surface area contributed by atoms with Crippen LogP contribution in [0.15, 0.2) is 0 Å². The van der Waals surface area contributed by atoms with Gasteiger partial charge >= 0.3 is 0 Å². The highest BCUT2D eigenvalue weighted by molar-refractivity contribution is 4.96. The van der Waals surface area contributed by atoms with E-state index < -0.39 is 0 Å². The van der Waals surface area contributed by atoms with Crippen molar-refractivity contribution in [1.82, 2.24) is 9.80 Å². The molecule has 1 aliphatic heterocycles. The van der Waals surface area contributed by atoms with E-state index in [2.05, 4.69) is 29.8 Å². The monoisotopic (exact) mass is 249 g/mol. The van der Waals surface area contributed by atoms with Gasteiger partial charge in [-0.05, 0) is 45.8 Å². The molecule has 0 aromatic carbocycles. The van der Waals surface area contributed by atoms with E-state index in [9.17, 15) is 5.26 Å². The van der Waals surface area contributed by atoms with E-state index in [1.54, 1.807) is 0 Å². The van der Waals surface area contributed by atoms with Crippen LogP contribution in [-0.2, 0) is 0 Å². The minimum absolute atomic E-state index is 0.264. The third kappa shape index (κ3) is 3.05. The molecule has 3 atom stereocenters. The Morgan fingerprint density at radius 1 is 1.22 bits per heavy atom. The van der Waals surface area contributed by atoms with Gasteiger partial charge in [-0.1, -0.05) is 19.8 Å². The summed E-state index contributed by atoms with van der Waals surface area (Å²) in [6.07, 6.45) is 7.55. The predicted octanol–water partition coefficient (Wildman–Crippen LogP) is 2.48. The average molecular weight is 249 g/mol. The molecule has 0 aromatic rings. The van der Waals surface area contributed by atoms with E-state index >= 15 is 0 Å². The topological polar surface area (TPSA) is 30.3 Å². The molecule has 18 heavy (non-hydrogen) atoms. The molecule has 2 fully saturated rings. The van der Waals surface area contributed by atoms with Crippen molar-refractivity contribution in [3.63, 3.8) is 0 Å². The molecule has 0 N–H and O–H groups in total. The SMILES string of the molecule is CCN1CCCC1CN(C)C1CCCCC1C#N. The van der Waals surface area contributed by atoms with E-state index in [1.807, 2.05) is 0 Å². The van der Waals surface area contributed by atoms with Crippen LogP contribution in [0.3, 0.4) is 0 Å². The number of likely N-dealkylation sites (tertiary alicyclic amines) is 1. The van der Waals surface area contributed by atoms with E-state index in [-0.39, 0.29) is 5.92 Å². The van der Waals surface area contributed by atoms with Crippen molar-refractivity contribution in [2.45, 2.75) is 57.5 Å². The molecule has 2 rings (SSSR count). The summed E-state index contributed by atoms with van der Waals surface area (Å²) in [6.45, 7) is 5.85. The van der Waals surface area contributed by atoms with Crippen molar-refractivity contribution in [2.24, 2.45) is 5.92 Å². The largest absolute Gasteiger partial charge is 0.301 e. The van der Waals surface area contributed by atoms with Gasteiger partial charge < -0.3 is 4.90 Å². The molecular weight excluding hydrogens is 222 g/mol. The summed E-state index contributed by atoms with van der Waals surface area (Å²) < 4.78 is 0. The van der Waals surface area contributed by atoms with Gasteiger partial charge in [0, 0.05) is 18.6 Å². The number of hydrogen-bond acceptors (Lipinski definition) is 3. The smallest absolute Gasteiger partial charge is 0.0672 e. The molecule has 1 heterocycles. The molecule has 1 saturated carbocycles. The lowest BCUT2D eigenvalue weighted by Gasteiger charge is -2.37. The van der Waals surface area contributed by atoms with Gasteiger partial charge in [-0.25, -0.2) is 0 Å². The van der Waals surface area contributed by atoms with Gasteiger partial charge in [0.15, 0.2) is 0 Å². The van der Waals surface area contributed by atoms with Gasteiger partial charge in [-0.3, -0.25) is 4.90 Å². The van der Waals surface area contributed by atoms with E-state index in [4.69, 9.17) is 0 Å². The first-order chi connectivity index (χ1) is 8.76. The minimum atomic E-state index is 0.264. The quantitative estimate of drug-likeness (QED) is 0.767. The Balaban J connectivity index is 1.90. The Kier molecular flexibility index (Phi) is 5.03. The molecule has 3 nitrogen and oxygen atoms in total. The first kappa shape index (κ1) is 13.8. The molecule has 102 valence electrons. The first-order valence-electron chi connectivity index (χ1n) is 7.60. The molecule has 0 radical (unpaired) electrons. The van der Waals surface area contributed by atoms with Crippen LogP contribution >= 0.6 is 0 Å². The zero-order chi connectivity index (χ0) is 13.0. The Bertz CT molecular complexity index is 297. The maximum absolute atomic E-state index is 9.28. The predicted molar refractivity (Wildman–Crippen MR) is 74.3 cm³/mol. The van der Waals surface area contributed by atoms with Crippen LogP contribution in [-0.4, -0.2) is 48.6 Å². The third-order valence-electron chi connectivity index (χ3n) is 4.87. The van der Waals surface area contributed by atoms with Crippen molar-refractivity contribution in [1.29, 1.82) is 5.26 Å². The van der Waals surface area contributed by atoms with Crippen LogP contribution in [0.5, 0.6) is 0 Å². The van der Waals surface area contributed by atoms with Gasteiger partial charge in [0.05, 0.1) is 12.0 Å². The van der Waals surface area contributed by atoms with Crippen LogP contribution < -0.4 is 0 Å². The average Bonchev–Trinajstić information content (AvgIpc) is 2.85. The molecule has 0 bridgehead atoms. The Morgan fingerprint density at radius 3 is 2.72 bits per heavy atom. The van der Waals surface area contributed by atoms with Gasteiger partial charge in [-0.15, -0.1) is 0 Å². The lowest BCUT2D eigenvalue weighted by atomic mass is 9.84. The minimum Gasteiger partial charge on any atom is -0.301 e. The maximum atomic E-state index is 9.28. The lowest BCUT2D eigenvalue weighted by Crippen LogP contribution is -2.46. The summed E-state index contributed by atoms with van der Waals surface area (Å²) >= 11 is 0. The number of nitrogens with zero attached hydrogens (tertiary/aromatic N) is 3. The van der Waals surface area contributed by atoms with E-state index in [0.29, 0.717) is 6.04 Å². The second-order valence-corrected chi connectivity index (χ2v) is 5.95. The van der Waals surface area contributed by atoms with E-state index in [1.165, 1.54) is 45.2 Å². The Labute approximate surface area is 112 Å². The Morgan fingerprint density at radius 2 is 2.00 bits per heavy atom. The standard InChI is InChI=1S/C15H27N3/c1-3-18-10-6-8-14(18)12-17(2)15-9-5-4-7-13(15)11-16/h13-15H,3-10,12H2,1-2H3. The van der Waals surface area contributed by atoms with Gasteiger partial charge in [-0.2, -0.15) is 5.26 Å². The number of likely N-dealkylation sites (N-methyl/N-ethyl adjacent to an activating group) is 2. The maximum Gasteiger partial charge on any atom is 0.0672 e.